The molecule has 17 heavy (non-hydrogen) atoms. The molecule has 0 spiro atoms. The van der Waals surface area contributed by atoms with Crippen LogP contribution in [0.1, 0.15) is 57.1 Å². The zero-order chi connectivity index (χ0) is 12.3. The molecule has 1 aliphatic rings. The van der Waals surface area contributed by atoms with Crippen molar-refractivity contribution >= 4 is 0 Å². The van der Waals surface area contributed by atoms with Crippen molar-refractivity contribution in [2.24, 2.45) is 11.7 Å². The standard InChI is InChI=1S/C16H25N/c1-13(2)7-5-11-16(17)12-6-9-14-8-3-4-10-15(14)16/h3-4,8,10,13H,5-7,9,11-12,17H2,1-2H3. The van der Waals surface area contributed by atoms with E-state index in [0.717, 1.165) is 18.8 Å². The third-order valence-electron chi connectivity index (χ3n) is 4.03. The molecular formula is C16H25N. The number of benzene rings is 1. The summed E-state index contributed by atoms with van der Waals surface area (Å²) in [6.07, 6.45) is 7.29. The van der Waals surface area contributed by atoms with E-state index in [2.05, 4.69) is 38.1 Å². The average Bonchev–Trinajstić information content (AvgIpc) is 2.29. The molecule has 1 nitrogen and oxygen atoms in total. The predicted molar refractivity (Wildman–Crippen MR) is 73.9 cm³/mol. The third kappa shape index (κ3) is 2.90. The summed E-state index contributed by atoms with van der Waals surface area (Å²) in [5.74, 6) is 0.789. The molecule has 1 atom stereocenters. The Morgan fingerprint density at radius 3 is 2.82 bits per heavy atom. The topological polar surface area (TPSA) is 26.0 Å². The van der Waals surface area contributed by atoms with E-state index in [-0.39, 0.29) is 5.54 Å². The summed E-state index contributed by atoms with van der Waals surface area (Å²) in [6, 6.07) is 8.76. The van der Waals surface area contributed by atoms with Crippen LogP contribution >= 0.6 is 0 Å². The zero-order valence-electron chi connectivity index (χ0n) is 11.2. The van der Waals surface area contributed by atoms with Crippen molar-refractivity contribution in [1.82, 2.24) is 0 Å². The second-order valence-electron chi connectivity index (χ2n) is 5.95. The van der Waals surface area contributed by atoms with Crippen LogP contribution in [-0.4, -0.2) is 0 Å². The Labute approximate surface area is 105 Å². The van der Waals surface area contributed by atoms with E-state index in [4.69, 9.17) is 5.73 Å². The van der Waals surface area contributed by atoms with Crippen LogP contribution in [0.15, 0.2) is 24.3 Å². The molecule has 1 heteroatoms. The van der Waals surface area contributed by atoms with Gasteiger partial charge in [-0.05, 0) is 42.7 Å². The molecule has 1 aliphatic carbocycles. The molecule has 0 aromatic heterocycles. The molecular weight excluding hydrogens is 206 g/mol. The highest BCUT2D eigenvalue weighted by molar-refractivity contribution is 5.35. The Morgan fingerprint density at radius 1 is 1.29 bits per heavy atom. The molecule has 94 valence electrons. The molecule has 0 fully saturated rings. The number of nitrogens with two attached hydrogens (primary N) is 1. The maximum absolute atomic E-state index is 6.66. The van der Waals surface area contributed by atoms with Crippen LogP contribution in [0.3, 0.4) is 0 Å². The fraction of sp³-hybridized carbons (Fsp3) is 0.625. The van der Waals surface area contributed by atoms with E-state index in [0.29, 0.717) is 0 Å². The van der Waals surface area contributed by atoms with Crippen molar-refractivity contribution in [2.45, 2.75) is 57.9 Å². The minimum Gasteiger partial charge on any atom is -0.321 e. The van der Waals surface area contributed by atoms with Crippen LogP contribution in [0.2, 0.25) is 0 Å². The van der Waals surface area contributed by atoms with E-state index in [1.54, 1.807) is 0 Å². The number of hydrogen-bond donors (Lipinski definition) is 1. The van der Waals surface area contributed by atoms with E-state index in [1.807, 2.05) is 0 Å². The summed E-state index contributed by atoms with van der Waals surface area (Å²) in [5.41, 5.74) is 9.49. The summed E-state index contributed by atoms with van der Waals surface area (Å²) in [7, 11) is 0. The van der Waals surface area contributed by atoms with E-state index >= 15 is 0 Å². The quantitative estimate of drug-likeness (QED) is 0.832. The fourth-order valence-electron chi connectivity index (χ4n) is 3.04. The summed E-state index contributed by atoms with van der Waals surface area (Å²) in [6.45, 7) is 4.58. The van der Waals surface area contributed by atoms with Gasteiger partial charge in [0.25, 0.3) is 0 Å². The summed E-state index contributed by atoms with van der Waals surface area (Å²) in [4.78, 5) is 0. The van der Waals surface area contributed by atoms with E-state index in [1.165, 1.54) is 36.8 Å². The van der Waals surface area contributed by atoms with Crippen LogP contribution in [0.4, 0.5) is 0 Å². The lowest BCUT2D eigenvalue weighted by molar-refractivity contribution is 0.325. The molecule has 0 aliphatic heterocycles. The Hall–Kier alpha value is -0.820. The number of hydrogen-bond acceptors (Lipinski definition) is 1. The van der Waals surface area contributed by atoms with Gasteiger partial charge in [0, 0.05) is 5.54 Å². The van der Waals surface area contributed by atoms with Gasteiger partial charge in [0.1, 0.15) is 0 Å². The molecule has 0 amide bonds. The van der Waals surface area contributed by atoms with Crippen molar-refractivity contribution in [3.8, 4) is 0 Å². The predicted octanol–water partition coefficient (Wildman–Crippen LogP) is 4.00. The van der Waals surface area contributed by atoms with Crippen LogP contribution < -0.4 is 5.73 Å². The Bertz CT molecular complexity index is 370. The van der Waals surface area contributed by atoms with E-state index < -0.39 is 0 Å². The number of aryl methyl sites for hydroxylation is 1. The lowest BCUT2D eigenvalue weighted by atomic mass is 9.74. The van der Waals surface area contributed by atoms with Crippen LogP contribution in [0, 0.1) is 5.92 Å². The smallest absolute Gasteiger partial charge is 0.0412 e. The van der Waals surface area contributed by atoms with Crippen molar-refractivity contribution in [2.75, 3.05) is 0 Å². The van der Waals surface area contributed by atoms with Crippen molar-refractivity contribution in [3.05, 3.63) is 35.4 Å². The van der Waals surface area contributed by atoms with Gasteiger partial charge in [0.05, 0.1) is 0 Å². The van der Waals surface area contributed by atoms with Gasteiger partial charge in [-0.15, -0.1) is 0 Å². The van der Waals surface area contributed by atoms with Gasteiger partial charge in [0.2, 0.25) is 0 Å². The van der Waals surface area contributed by atoms with Crippen LogP contribution in [-0.2, 0) is 12.0 Å². The van der Waals surface area contributed by atoms with Crippen molar-refractivity contribution < 1.29 is 0 Å². The molecule has 0 heterocycles. The van der Waals surface area contributed by atoms with Crippen LogP contribution in [0.25, 0.3) is 0 Å². The molecule has 0 radical (unpaired) electrons. The average molecular weight is 231 g/mol. The third-order valence-corrected chi connectivity index (χ3v) is 4.03. The van der Waals surface area contributed by atoms with Crippen molar-refractivity contribution in [1.29, 1.82) is 0 Å². The number of fused-ring (bicyclic) bond motifs is 1. The van der Waals surface area contributed by atoms with Crippen molar-refractivity contribution in [3.63, 3.8) is 0 Å². The Morgan fingerprint density at radius 2 is 2.06 bits per heavy atom. The molecule has 1 aromatic carbocycles. The van der Waals surface area contributed by atoms with Gasteiger partial charge in [-0.3, -0.25) is 0 Å². The minimum atomic E-state index is -0.0519. The first-order valence-electron chi connectivity index (χ1n) is 6.99. The molecule has 0 bridgehead atoms. The highest BCUT2D eigenvalue weighted by atomic mass is 14.7. The molecule has 2 N–H and O–H groups in total. The lowest BCUT2D eigenvalue weighted by Crippen LogP contribution is -2.40. The molecule has 0 saturated carbocycles. The second kappa shape index (κ2) is 5.22. The number of rotatable bonds is 4. The summed E-state index contributed by atoms with van der Waals surface area (Å²) >= 11 is 0. The minimum absolute atomic E-state index is 0.0519. The molecule has 1 aromatic rings. The van der Waals surface area contributed by atoms with Gasteiger partial charge in [-0.2, -0.15) is 0 Å². The SMILES string of the molecule is CC(C)CCCC1(N)CCCc2ccccc21. The fourth-order valence-corrected chi connectivity index (χ4v) is 3.04. The first-order valence-corrected chi connectivity index (χ1v) is 6.99. The lowest BCUT2D eigenvalue weighted by Gasteiger charge is -2.36. The summed E-state index contributed by atoms with van der Waals surface area (Å²) < 4.78 is 0. The van der Waals surface area contributed by atoms with Gasteiger partial charge in [-0.25, -0.2) is 0 Å². The van der Waals surface area contributed by atoms with Crippen LogP contribution in [0.5, 0.6) is 0 Å². The highest BCUT2D eigenvalue weighted by Gasteiger charge is 2.31. The first-order chi connectivity index (χ1) is 8.12. The molecule has 2 rings (SSSR count). The van der Waals surface area contributed by atoms with Gasteiger partial charge in [-0.1, -0.05) is 51.0 Å². The summed E-state index contributed by atoms with van der Waals surface area (Å²) in [5, 5.41) is 0. The highest BCUT2D eigenvalue weighted by Crippen LogP contribution is 2.37. The maximum Gasteiger partial charge on any atom is 0.0412 e. The Balaban J connectivity index is 2.10. The van der Waals surface area contributed by atoms with Gasteiger partial charge >= 0.3 is 0 Å². The van der Waals surface area contributed by atoms with Gasteiger partial charge in [0.15, 0.2) is 0 Å². The zero-order valence-corrected chi connectivity index (χ0v) is 11.2. The largest absolute Gasteiger partial charge is 0.321 e. The monoisotopic (exact) mass is 231 g/mol. The molecule has 0 saturated heterocycles. The first kappa shape index (κ1) is 12.6. The van der Waals surface area contributed by atoms with Gasteiger partial charge < -0.3 is 5.73 Å². The molecule has 1 unspecified atom stereocenters. The maximum atomic E-state index is 6.66. The normalized spacial score (nSPS) is 23.8. The van der Waals surface area contributed by atoms with E-state index in [9.17, 15) is 0 Å². The Kier molecular flexibility index (Phi) is 3.88. The second-order valence-corrected chi connectivity index (χ2v) is 5.95.